The van der Waals surface area contributed by atoms with Crippen molar-refractivity contribution < 1.29 is 38.0 Å². The molecule has 1 fully saturated rings. The molecule has 1 aliphatic carbocycles. The van der Waals surface area contributed by atoms with Gasteiger partial charge in [0.2, 0.25) is 28.7 Å². The maximum absolute atomic E-state index is 13.7. The summed E-state index contributed by atoms with van der Waals surface area (Å²) in [6.07, 6.45) is 1.14. The highest BCUT2D eigenvalue weighted by molar-refractivity contribution is 5.84. The molecule has 1 heterocycles. The molecule has 3 aromatic carbocycles. The Labute approximate surface area is 292 Å². The van der Waals surface area contributed by atoms with E-state index < -0.39 is 6.04 Å². The fourth-order valence-corrected chi connectivity index (χ4v) is 6.82. The Balaban J connectivity index is 1.34. The first kappa shape index (κ1) is 36.1. The number of nitrogens with one attached hydrogen (secondary N) is 2. The number of methoxy groups -OCH3 is 6. The fraction of sp³-hybridized carbons (Fsp3) is 0.432. The van der Waals surface area contributed by atoms with Crippen molar-refractivity contribution in [2.24, 2.45) is 0 Å². The first-order valence-electron chi connectivity index (χ1n) is 16.5. The Morgan fingerprint density at radius 3 is 2.06 bits per heavy atom. The van der Waals surface area contributed by atoms with Gasteiger partial charge >= 0.3 is 0 Å². The van der Waals surface area contributed by atoms with Crippen molar-refractivity contribution in [2.75, 3.05) is 80.7 Å². The van der Waals surface area contributed by atoms with Crippen molar-refractivity contribution in [1.29, 1.82) is 0 Å². The van der Waals surface area contributed by atoms with Gasteiger partial charge in [-0.25, -0.2) is 0 Å². The lowest BCUT2D eigenvalue weighted by Crippen LogP contribution is -2.49. The van der Waals surface area contributed by atoms with Crippen LogP contribution in [0.1, 0.15) is 36.1 Å². The van der Waals surface area contributed by atoms with Crippen LogP contribution in [0.2, 0.25) is 0 Å². The lowest BCUT2D eigenvalue weighted by Gasteiger charge is -2.35. The second kappa shape index (κ2) is 16.0. The Morgan fingerprint density at radius 1 is 0.780 bits per heavy atom. The van der Waals surface area contributed by atoms with E-state index in [1.165, 1.54) is 13.0 Å². The average molecular weight is 691 g/mol. The number of benzene rings is 2. The molecule has 0 saturated carbocycles. The zero-order valence-electron chi connectivity index (χ0n) is 29.8. The van der Waals surface area contributed by atoms with Crippen LogP contribution in [0, 0.1) is 0 Å². The lowest BCUT2D eigenvalue weighted by atomic mass is 9.95. The lowest BCUT2D eigenvalue weighted by molar-refractivity contribution is -0.131. The topological polar surface area (TPSA) is 137 Å². The summed E-state index contributed by atoms with van der Waals surface area (Å²) < 4.78 is 33.7. The van der Waals surface area contributed by atoms with Crippen LogP contribution in [0.4, 0.5) is 5.69 Å². The summed E-state index contributed by atoms with van der Waals surface area (Å²) in [5.41, 5.74) is 3.99. The number of anilines is 1. The molecule has 2 N–H and O–H groups in total. The maximum atomic E-state index is 13.7. The minimum atomic E-state index is -0.429. The van der Waals surface area contributed by atoms with Gasteiger partial charge in [-0.2, -0.15) is 0 Å². The third kappa shape index (κ3) is 7.37. The van der Waals surface area contributed by atoms with Gasteiger partial charge in [0, 0.05) is 50.8 Å². The molecule has 2 amide bonds. The number of carbonyl (C=O) groups is 2. The number of rotatable bonds is 12. The van der Waals surface area contributed by atoms with E-state index in [4.69, 9.17) is 28.4 Å². The van der Waals surface area contributed by atoms with Gasteiger partial charge in [0.05, 0.1) is 60.9 Å². The second-order valence-corrected chi connectivity index (χ2v) is 12.1. The van der Waals surface area contributed by atoms with Gasteiger partial charge in [-0.1, -0.05) is 12.1 Å². The standard InChI is InChI=1S/C37H46N4O9/c1-22(42)39-27-11-8-23-18-31(46-3)36(49-6)37(50-7)33(23)25-10-12-28(29(43)19-26(25)27)38-20-32(44)41-16-14-40(15-17-41)21-24-9-13-30(45-2)35(48-5)34(24)47-4/h9-10,12-13,18-19,27H,8,11,14-17,20-21H2,1-7H3,(H,38,43)(H,39,42)/t27-/m1/s1. The number of hydrogen-bond acceptors (Lipinski definition) is 11. The molecule has 13 nitrogen and oxygen atoms in total. The predicted molar refractivity (Wildman–Crippen MR) is 189 cm³/mol. The van der Waals surface area contributed by atoms with Crippen LogP contribution in [0.15, 0.2) is 41.2 Å². The number of aryl methyl sites for hydroxylation is 1. The largest absolute Gasteiger partial charge is 0.493 e. The number of fused-ring (bicyclic) bond motifs is 3. The molecule has 5 rings (SSSR count). The molecule has 1 atom stereocenters. The molecule has 0 unspecified atom stereocenters. The quantitative estimate of drug-likeness (QED) is 0.288. The van der Waals surface area contributed by atoms with E-state index in [2.05, 4.69) is 15.5 Å². The molecule has 0 spiro atoms. The number of carbonyl (C=O) groups excluding carboxylic acids is 2. The van der Waals surface area contributed by atoms with Crippen molar-refractivity contribution in [3.05, 3.63) is 63.3 Å². The normalized spacial score (nSPS) is 15.5. The van der Waals surface area contributed by atoms with E-state index in [9.17, 15) is 14.4 Å². The third-order valence-electron chi connectivity index (χ3n) is 9.25. The van der Waals surface area contributed by atoms with Crippen molar-refractivity contribution in [2.45, 2.75) is 32.4 Å². The fourth-order valence-electron chi connectivity index (χ4n) is 6.82. The van der Waals surface area contributed by atoms with Gasteiger partial charge in [0.15, 0.2) is 23.0 Å². The molecule has 2 aliphatic rings. The van der Waals surface area contributed by atoms with Gasteiger partial charge in [-0.15, -0.1) is 0 Å². The van der Waals surface area contributed by atoms with Crippen LogP contribution in [0.3, 0.4) is 0 Å². The molecule has 50 heavy (non-hydrogen) atoms. The third-order valence-corrected chi connectivity index (χ3v) is 9.25. The molecular formula is C37H46N4O9. The average Bonchev–Trinajstić information content (AvgIpc) is 3.37. The van der Waals surface area contributed by atoms with Crippen molar-refractivity contribution in [1.82, 2.24) is 15.1 Å². The van der Waals surface area contributed by atoms with Crippen LogP contribution in [0.25, 0.3) is 11.1 Å². The van der Waals surface area contributed by atoms with Gasteiger partial charge in [0.1, 0.15) is 0 Å². The summed E-state index contributed by atoms with van der Waals surface area (Å²) in [5, 5.41) is 6.10. The smallest absolute Gasteiger partial charge is 0.241 e. The van der Waals surface area contributed by atoms with Gasteiger partial charge < -0.3 is 44.0 Å². The minimum absolute atomic E-state index is 0.0481. The molecule has 13 heteroatoms. The maximum Gasteiger partial charge on any atom is 0.241 e. The number of nitrogens with zero attached hydrogens (tertiary/aromatic N) is 2. The molecule has 268 valence electrons. The molecule has 1 aliphatic heterocycles. The van der Waals surface area contributed by atoms with Gasteiger partial charge in [-0.05, 0) is 53.8 Å². The van der Waals surface area contributed by atoms with Crippen LogP contribution in [0.5, 0.6) is 34.5 Å². The Morgan fingerprint density at radius 2 is 1.44 bits per heavy atom. The van der Waals surface area contributed by atoms with E-state index in [0.29, 0.717) is 91.2 Å². The zero-order valence-corrected chi connectivity index (χ0v) is 29.8. The Kier molecular flexibility index (Phi) is 11.6. The molecule has 3 aromatic rings. The van der Waals surface area contributed by atoms with Crippen LogP contribution in [-0.4, -0.2) is 97.0 Å². The summed E-state index contributed by atoms with van der Waals surface area (Å²) in [5.74, 6) is 2.87. The summed E-state index contributed by atoms with van der Waals surface area (Å²) in [6, 6.07) is 10.3. The Hall–Kier alpha value is -5.17. The number of amides is 2. The summed E-state index contributed by atoms with van der Waals surface area (Å²) in [7, 11) is 9.43. The molecular weight excluding hydrogens is 644 g/mol. The molecule has 0 bridgehead atoms. The highest BCUT2D eigenvalue weighted by Crippen LogP contribution is 2.50. The van der Waals surface area contributed by atoms with Gasteiger partial charge in [-0.3, -0.25) is 19.3 Å². The molecule has 0 radical (unpaired) electrons. The van der Waals surface area contributed by atoms with Crippen molar-refractivity contribution >= 4 is 17.5 Å². The van der Waals surface area contributed by atoms with E-state index in [1.807, 2.05) is 24.3 Å². The number of piperazine rings is 1. The first-order chi connectivity index (χ1) is 24.2. The van der Waals surface area contributed by atoms with Crippen LogP contribution < -0.4 is 44.5 Å². The SMILES string of the molecule is COc1ccc(CN2CCN(C(=O)CNc3ccc4c(cc3=O)[C@H](NC(C)=O)CCc3cc(OC)c(OC)c(OC)c3-4)CC2)c(OC)c1OC. The zero-order chi connectivity index (χ0) is 35.9. The van der Waals surface area contributed by atoms with Crippen LogP contribution >= 0.6 is 0 Å². The minimum Gasteiger partial charge on any atom is -0.493 e. The summed E-state index contributed by atoms with van der Waals surface area (Å²) >= 11 is 0. The predicted octanol–water partition coefficient (Wildman–Crippen LogP) is 3.65. The van der Waals surface area contributed by atoms with Crippen molar-refractivity contribution in [3.8, 4) is 45.6 Å². The Bertz CT molecular complexity index is 1790. The highest BCUT2D eigenvalue weighted by Gasteiger charge is 2.30. The van der Waals surface area contributed by atoms with E-state index >= 15 is 0 Å². The van der Waals surface area contributed by atoms with E-state index in [1.54, 1.807) is 53.6 Å². The second-order valence-electron chi connectivity index (χ2n) is 12.1. The summed E-state index contributed by atoms with van der Waals surface area (Å²) in [4.78, 5) is 43.3. The first-order valence-corrected chi connectivity index (χ1v) is 16.5. The number of hydrogen-bond donors (Lipinski definition) is 2. The number of ether oxygens (including phenoxy) is 6. The molecule has 1 saturated heterocycles. The molecule has 0 aromatic heterocycles. The highest BCUT2D eigenvalue weighted by atomic mass is 16.5. The van der Waals surface area contributed by atoms with Crippen molar-refractivity contribution in [3.63, 3.8) is 0 Å². The van der Waals surface area contributed by atoms with Gasteiger partial charge in [0.25, 0.3) is 0 Å². The van der Waals surface area contributed by atoms with E-state index in [0.717, 1.165) is 16.7 Å². The summed E-state index contributed by atoms with van der Waals surface area (Å²) in [6.45, 7) is 4.45. The van der Waals surface area contributed by atoms with Crippen LogP contribution in [-0.2, 0) is 22.6 Å². The monoisotopic (exact) mass is 690 g/mol. The van der Waals surface area contributed by atoms with E-state index in [-0.39, 0.29) is 29.5 Å².